The molecule has 0 spiro atoms. The minimum absolute atomic E-state index is 0.353. The summed E-state index contributed by atoms with van der Waals surface area (Å²) in [5.41, 5.74) is 2.84. The summed E-state index contributed by atoms with van der Waals surface area (Å²) in [4.78, 5) is 0. The third-order valence-corrected chi connectivity index (χ3v) is 2.36. The topological polar surface area (TPSA) is 9.23 Å². The Hall–Kier alpha value is -0.820. The standard InChI is InChI=1S/C10H12O.C2H6/c1-11-10-7-6-8-4-2-3-5-9(8)10;1-2/h2-5,10H,6-7H2,1H3;1-2H3. The SMILES string of the molecule is CC.COC1CCc2ccccc21. The zero-order valence-electron chi connectivity index (χ0n) is 8.71. The summed E-state index contributed by atoms with van der Waals surface area (Å²) in [6, 6.07) is 8.53. The van der Waals surface area contributed by atoms with E-state index in [-0.39, 0.29) is 0 Å². The van der Waals surface area contributed by atoms with Gasteiger partial charge in [0.05, 0.1) is 6.10 Å². The maximum absolute atomic E-state index is 5.34. The van der Waals surface area contributed by atoms with Crippen LogP contribution in [0.15, 0.2) is 24.3 Å². The lowest BCUT2D eigenvalue weighted by molar-refractivity contribution is 0.105. The van der Waals surface area contributed by atoms with Crippen LogP contribution in [-0.4, -0.2) is 7.11 Å². The maximum atomic E-state index is 5.34. The van der Waals surface area contributed by atoms with Crippen LogP contribution in [0.4, 0.5) is 0 Å². The zero-order chi connectivity index (χ0) is 9.68. The predicted octanol–water partition coefficient (Wildman–Crippen LogP) is 3.35. The van der Waals surface area contributed by atoms with Crippen molar-refractivity contribution in [3.63, 3.8) is 0 Å². The van der Waals surface area contributed by atoms with Gasteiger partial charge in [0.25, 0.3) is 0 Å². The number of ether oxygens (including phenoxy) is 1. The minimum atomic E-state index is 0.353. The molecule has 1 heteroatoms. The Labute approximate surface area is 80.7 Å². The van der Waals surface area contributed by atoms with Crippen LogP contribution in [0.5, 0.6) is 0 Å². The van der Waals surface area contributed by atoms with Gasteiger partial charge in [-0.2, -0.15) is 0 Å². The second kappa shape index (κ2) is 5.03. The summed E-state index contributed by atoms with van der Waals surface area (Å²) >= 11 is 0. The first-order valence-corrected chi connectivity index (χ1v) is 5.02. The van der Waals surface area contributed by atoms with Crippen molar-refractivity contribution < 1.29 is 4.74 Å². The van der Waals surface area contributed by atoms with Crippen LogP contribution < -0.4 is 0 Å². The van der Waals surface area contributed by atoms with Crippen LogP contribution in [0, 0.1) is 0 Å². The second-order valence-corrected chi connectivity index (χ2v) is 2.96. The Morgan fingerprint density at radius 2 is 1.92 bits per heavy atom. The molecule has 0 aliphatic heterocycles. The highest BCUT2D eigenvalue weighted by atomic mass is 16.5. The van der Waals surface area contributed by atoms with Gasteiger partial charge in [0.2, 0.25) is 0 Å². The van der Waals surface area contributed by atoms with E-state index in [1.807, 2.05) is 13.8 Å². The van der Waals surface area contributed by atoms with E-state index in [0.717, 1.165) is 6.42 Å². The summed E-state index contributed by atoms with van der Waals surface area (Å²) < 4.78 is 5.34. The lowest BCUT2D eigenvalue weighted by Crippen LogP contribution is -1.94. The van der Waals surface area contributed by atoms with Gasteiger partial charge in [-0.3, -0.25) is 0 Å². The van der Waals surface area contributed by atoms with Gasteiger partial charge >= 0.3 is 0 Å². The number of aryl methyl sites for hydroxylation is 1. The molecular weight excluding hydrogens is 160 g/mol. The Kier molecular flexibility index (Phi) is 3.97. The number of methoxy groups -OCH3 is 1. The predicted molar refractivity (Wildman–Crippen MR) is 55.9 cm³/mol. The van der Waals surface area contributed by atoms with Crippen molar-refractivity contribution in [2.75, 3.05) is 7.11 Å². The fourth-order valence-electron chi connectivity index (χ4n) is 1.76. The lowest BCUT2D eigenvalue weighted by Gasteiger charge is -2.07. The van der Waals surface area contributed by atoms with Gasteiger partial charge in [0.15, 0.2) is 0 Å². The molecule has 0 radical (unpaired) electrons. The van der Waals surface area contributed by atoms with Gasteiger partial charge in [0, 0.05) is 7.11 Å². The molecule has 1 atom stereocenters. The number of hydrogen-bond acceptors (Lipinski definition) is 1. The first-order valence-electron chi connectivity index (χ1n) is 5.02. The van der Waals surface area contributed by atoms with Crippen molar-refractivity contribution >= 4 is 0 Å². The largest absolute Gasteiger partial charge is 0.377 e. The molecule has 13 heavy (non-hydrogen) atoms. The van der Waals surface area contributed by atoms with E-state index in [4.69, 9.17) is 4.74 Å². The molecule has 1 aliphatic carbocycles. The zero-order valence-corrected chi connectivity index (χ0v) is 8.71. The van der Waals surface area contributed by atoms with Crippen molar-refractivity contribution in [2.24, 2.45) is 0 Å². The van der Waals surface area contributed by atoms with Crippen molar-refractivity contribution in [3.8, 4) is 0 Å². The van der Waals surface area contributed by atoms with Gasteiger partial charge in [-0.25, -0.2) is 0 Å². The Morgan fingerprint density at radius 3 is 2.62 bits per heavy atom. The number of hydrogen-bond donors (Lipinski definition) is 0. The highest BCUT2D eigenvalue weighted by molar-refractivity contribution is 5.33. The van der Waals surface area contributed by atoms with Crippen LogP contribution in [0.25, 0.3) is 0 Å². The molecule has 0 heterocycles. The summed E-state index contributed by atoms with van der Waals surface area (Å²) in [6.45, 7) is 4.00. The Bertz CT molecular complexity index is 255. The smallest absolute Gasteiger partial charge is 0.0827 e. The molecule has 0 N–H and O–H groups in total. The molecule has 0 fully saturated rings. The van der Waals surface area contributed by atoms with Crippen molar-refractivity contribution in [1.29, 1.82) is 0 Å². The second-order valence-electron chi connectivity index (χ2n) is 2.96. The van der Waals surface area contributed by atoms with Crippen LogP contribution in [0.1, 0.15) is 37.5 Å². The van der Waals surface area contributed by atoms with E-state index in [1.54, 1.807) is 7.11 Å². The number of benzene rings is 1. The average molecular weight is 178 g/mol. The quantitative estimate of drug-likeness (QED) is 0.640. The summed E-state index contributed by atoms with van der Waals surface area (Å²) in [6.07, 6.45) is 2.68. The highest BCUT2D eigenvalue weighted by Gasteiger charge is 2.20. The van der Waals surface area contributed by atoms with E-state index >= 15 is 0 Å². The summed E-state index contributed by atoms with van der Waals surface area (Å²) in [5.74, 6) is 0. The molecule has 1 aromatic carbocycles. The first kappa shape index (κ1) is 10.3. The van der Waals surface area contributed by atoms with Crippen LogP contribution in [0.3, 0.4) is 0 Å². The van der Waals surface area contributed by atoms with Crippen molar-refractivity contribution in [3.05, 3.63) is 35.4 Å². The van der Waals surface area contributed by atoms with Gasteiger partial charge in [-0.05, 0) is 24.0 Å². The molecular formula is C12H18O. The molecule has 1 aromatic rings. The van der Waals surface area contributed by atoms with Crippen LogP contribution in [0.2, 0.25) is 0 Å². The third kappa shape index (κ3) is 2.10. The monoisotopic (exact) mass is 178 g/mol. The van der Waals surface area contributed by atoms with Crippen LogP contribution >= 0.6 is 0 Å². The van der Waals surface area contributed by atoms with E-state index < -0.39 is 0 Å². The maximum Gasteiger partial charge on any atom is 0.0827 e. The molecule has 0 saturated heterocycles. The summed E-state index contributed by atoms with van der Waals surface area (Å²) in [7, 11) is 1.78. The summed E-state index contributed by atoms with van der Waals surface area (Å²) in [5, 5.41) is 0. The molecule has 72 valence electrons. The van der Waals surface area contributed by atoms with E-state index in [2.05, 4.69) is 24.3 Å². The Balaban J connectivity index is 0.000000396. The molecule has 0 bridgehead atoms. The van der Waals surface area contributed by atoms with E-state index in [1.165, 1.54) is 17.5 Å². The van der Waals surface area contributed by atoms with E-state index in [9.17, 15) is 0 Å². The molecule has 1 aliphatic rings. The van der Waals surface area contributed by atoms with Gasteiger partial charge in [0.1, 0.15) is 0 Å². The van der Waals surface area contributed by atoms with Gasteiger partial charge in [-0.15, -0.1) is 0 Å². The van der Waals surface area contributed by atoms with Gasteiger partial charge in [-0.1, -0.05) is 38.1 Å². The van der Waals surface area contributed by atoms with Crippen molar-refractivity contribution in [2.45, 2.75) is 32.8 Å². The fourth-order valence-corrected chi connectivity index (χ4v) is 1.76. The van der Waals surface area contributed by atoms with Crippen molar-refractivity contribution in [1.82, 2.24) is 0 Å². The van der Waals surface area contributed by atoms with Crippen LogP contribution in [-0.2, 0) is 11.2 Å². The molecule has 0 amide bonds. The number of fused-ring (bicyclic) bond motifs is 1. The number of rotatable bonds is 1. The highest BCUT2D eigenvalue weighted by Crippen LogP contribution is 2.32. The molecule has 1 nitrogen and oxygen atoms in total. The lowest BCUT2D eigenvalue weighted by atomic mass is 10.1. The molecule has 0 aromatic heterocycles. The average Bonchev–Trinajstić information content (AvgIpc) is 2.64. The third-order valence-electron chi connectivity index (χ3n) is 2.36. The molecule has 2 rings (SSSR count). The first-order chi connectivity index (χ1) is 6.42. The normalized spacial score (nSPS) is 18.8. The fraction of sp³-hybridized carbons (Fsp3) is 0.500. The molecule has 0 saturated carbocycles. The minimum Gasteiger partial charge on any atom is -0.377 e. The Morgan fingerprint density at radius 1 is 1.23 bits per heavy atom. The van der Waals surface area contributed by atoms with Gasteiger partial charge < -0.3 is 4.74 Å². The molecule has 1 unspecified atom stereocenters. The van der Waals surface area contributed by atoms with E-state index in [0.29, 0.717) is 6.10 Å².